The Morgan fingerprint density at radius 2 is 2.54 bits per heavy atom. The first-order valence-electron chi connectivity index (χ1n) is 4.45. The monoisotopic (exact) mass is 215 g/mol. The molecule has 72 valence electrons. The summed E-state index contributed by atoms with van der Waals surface area (Å²) in [5.74, 6) is 0. The van der Waals surface area contributed by atoms with E-state index in [0.29, 0.717) is 6.04 Å². The summed E-state index contributed by atoms with van der Waals surface area (Å²) in [6, 6.07) is 0.600. The summed E-state index contributed by atoms with van der Waals surface area (Å²) in [5, 5.41) is 13.0. The number of nitrogens with one attached hydrogen (secondary N) is 1. The number of hydrogen-bond acceptors (Lipinski definition) is 5. The van der Waals surface area contributed by atoms with Crippen LogP contribution in [0.4, 0.5) is 5.13 Å². The zero-order valence-corrected chi connectivity index (χ0v) is 9.20. The Labute approximate surface area is 86.3 Å². The van der Waals surface area contributed by atoms with Gasteiger partial charge in [0.1, 0.15) is 5.51 Å². The lowest BCUT2D eigenvalue weighted by Gasteiger charge is -2.17. The molecule has 1 fully saturated rings. The van der Waals surface area contributed by atoms with Gasteiger partial charge in [0.25, 0.3) is 0 Å². The maximum atomic E-state index is 4.00. The Kier molecular flexibility index (Phi) is 3.05. The molecular weight excluding hydrogens is 202 g/mol. The van der Waals surface area contributed by atoms with Crippen molar-refractivity contribution in [3.63, 3.8) is 0 Å². The van der Waals surface area contributed by atoms with Gasteiger partial charge in [0.15, 0.2) is 0 Å². The SMILES string of the molecule is CSC1CCCC1Nc1nncs1. The van der Waals surface area contributed by atoms with Crippen LogP contribution in [0.2, 0.25) is 0 Å². The van der Waals surface area contributed by atoms with Crippen molar-refractivity contribution in [2.45, 2.75) is 30.6 Å². The lowest BCUT2D eigenvalue weighted by Crippen LogP contribution is -2.25. The van der Waals surface area contributed by atoms with Crippen LogP contribution in [-0.4, -0.2) is 27.7 Å². The van der Waals surface area contributed by atoms with Gasteiger partial charge in [-0.25, -0.2) is 0 Å². The van der Waals surface area contributed by atoms with Gasteiger partial charge in [-0.05, 0) is 19.1 Å². The minimum absolute atomic E-state index is 0.600. The quantitative estimate of drug-likeness (QED) is 0.839. The van der Waals surface area contributed by atoms with Crippen LogP contribution in [-0.2, 0) is 0 Å². The van der Waals surface area contributed by atoms with Crippen molar-refractivity contribution in [3.05, 3.63) is 5.51 Å². The van der Waals surface area contributed by atoms with Crippen LogP contribution in [0.1, 0.15) is 19.3 Å². The van der Waals surface area contributed by atoms with Gasteiger partial charge in [0.05, 0.1) is 0 Å². The Bertz CT molecular complexity index is 250. The first-order chi connectivity index (χ1) is 6.40. The van der Waals surface area contributed by atoms with Crippen LogP contribution >= 0.6 is 23.1 Å². The van der Waals surface area contributed by atoms with Gasteiger partial charge in [-0.1, -0.05) is 17.8 Å². The molecule has 2 unspecified atom stereocenters. The summed E-state index contributed by atoms with van der Waals surface area (Å²) in [6.45, 7) is 0. The molecule has 1 N–H and O–H groups in total. The molecule has 2 rings (SSSR count). The van der Waals surface area contributed by atoms with E-state index in [2.05, 4.69) is 21.8 Å². The van der Waals surface area contributed by atoms with Gasteiger partial charge in [0, 0.05) is 11.3 Å². The molecule has 1 aromatic heterocycles. The normalized spacial score (nSPS) is 27.8. The largest absolute Gasteiger partial charge is 0.356 e. The number of thioether (sulfide) groups is 1. The van der Waals surface area contributed by atoms with Crippen LogP contribution in [0.3, 0.4) is 0 Å². The van der Waals surface area contributed by atoms with Crippen LogP contribution in [0.25, 0.3) is 0 Å². The summed E-state index contributed by atoms with van der Waals surface area (Å²) in [6.07, 6.45) is 6.12. The minimum atomic E-state index is 0.600. The van der Waals surface area contributed by atoms with Gasteiger partial charge in [-0.2, -0.15) is 11.8 Å². The summed E-state index contributed by atoms with van der Waals surface area (Å²) < 4.78 is 0. The summed E-state index contributed by atoms with van der Waals surface area (Å²) >= 11 is 3.54. The van der Waals surface area contributed by atoms with Crippen LogP contribution in [0.5, 0.6) is 0 Å². The van der Waals surface area contributed by atoms with Crippen molar-refractivity contribution in [2.75, 3.05) is 11.6 Å². The van der Waals surface area contributed by atoms with E-state index in [1.165, 1.54) is 19.3 Å². The van der Waals surface area contributed by atoms with Crippen molar-refractivity contribution in [1.29, 1.82) is 0 Å². The highest BCUT2D eigenvalue weighted by Gasteiger charge is 2.26. The van der Waals surface area contributed by atoms with Gasteiger partial charge >= 0.3 is 0 Å². The molecule has 3 nitrogen and oxygen atoms in total. The van der Waals surface area contributed by atoms with Gasteiger partial charge < -0.3 is 5.32 Å². The van der Waals surface area contributed by atoms with E-state index in [1.807, 2.05) is 11.8 Å². The summed E-state index contributed by atoms with van der Waals surface area (Å²) in [7, 11) is 0. The second-order valence-electron chi connectivity index (χ2n) is 3.20. The fourth-order valence-corrected chi connectivity index (χ4v) is 3.21. The van der Waals surface area contributed by atoms with E-state index in [0.717, 1.165) is 10.4 Å². The molecule has 0 spiro atoms. The third-order valence-electron chi connectivity index (χ3n) is 2.42. The fraction of sp³-hybridized carbons (Fsp3) is 0.750. The molecule has 0 radical (unpaired) electrons. The number of hydrogen-bond donors (Lipinski definition) is 1. The van der Waals surface area contributed by atoms with E-state index in [1.54, 1.807) is 16.8 Å². The average molecular weight is 215 g/mol. The highest BCUT2D eigenvalue weighted by Crippen LogP contribution is 2.30. The van der Waals surface area contributed by atoms with Gasteiger partial charge in [-0.3, -0.25) is 0 Å². The molecule has 13 heavy (non-hydrogen) atoms. The van der Waals surface area contributed by atoms with Crippen LogP contribution in [0, 0.1) is 0 Å². The van der Waals surface area contributed by atoms with E-state index in [-0.39, 0.29) is 0 Å². The van der Waals surface area contributed by atoms with Crippen LogP contribution in [0.15, 0.2) is 5.51 Å². The molecule has 2 atom stereocenters. The Morgan fingerprint density at radius 1 is 1.62 bits per heavy atom. The summed E-state index contributed by atoms with van der Waals surface area (Å²) in [5.41, 5.74) is 1.77. The third-order valence-corrected chi connectivity index (χ3v) is 4.22. The highest BCUT2D eigenvalue weighted by atomic mass is 32.2. The smallest absolute Gasteiger partial charge is 0.205 e. The minimum Gasteiger partial charge on any atom is -0.356 e. The first kappa shape index (κ1) is 9.27. The van der Waals surface area contributed by atoms with Crippen molar-refractivity contribution in [2.24, 2.45) is 0 Å². The van der Waals surface area contributed by atoms with E-state index >= 15 is 0 Å². The number of nitrogens with zero attached hydrogens (tertiary/aromatic N) is 2. The molecule has 0 amide bonds. The molecule has 0 bridgehead atoms. The lowest BCUT2D eigenvalue weighted by atomic mass is 10.2. The average Bonchev–Trinajstić information content (AvgIpc) is 2.76. The summed E-state index contributed by atoms with van der Waals surface area (Å²) in [4.78, 5) is 0. The molecule has 1 heterocycles. The van der Waals surface area contributed by atoms with Gasteiger partial charge in [-0.15, -0.1) is 10.2 Å². The third kappa shape index (κ3) is 2.14. The Morgan fingerprint density at radius 3 is 3.23 bits per heavy atom. The predicted molar refractivity (Wildman–Crippen MR) is 58.5 cm³/mol. The standard InChI is InChI=1S/C8H13N3S2/c1-12-7-4-2-3-6(7)10-8-11-9-5-13-8/h5-7H,2-4H2,1H3,(H,10,11). The maximum absolute atomic E-state index is 4.00. The number of anilines is 1. The molecule has 1 aromatic rings. The molecular formula is C8H13N3S2. The molecule has 0 aliphatic heterocycles. The zero-order valence-electron chi connectivity index (χ0n) is 7.56. The number of aromatic nitrogens is 2. The van der Waals surface area contributed by atoms with Gasteiger partial charge in [0.2, 0.25) is 5.13 Å². The topological polar surface area (TPSA) is 37.8 Å². The Hall–Kier alpha value is -0.290. The molecule has 1 aliphatic rings. The zero-order chi connectivity index (χ0) is 9.10. The number of rotatable bonds is 3. The van der Waals surface area contributed by atoms with Crippen molar-refractivity contribution >= 4 is 28.2 Å². The fourth-order valence-electron chi connectivity index (χ4n) is 1.77. The van der Waals surface area contributed by atoms with E-state index in [9.17, 15) is 0 Å². The maximum Gasteiger partial charge on any atom is 0.205 e. The Balaban J connectivity index is 1.94. The molecule has 1 saturated carbocycles. The molecule has 5 heteroatoms. The molecule has 0 saturated heterocycles. The van der Waals surface area contributed by atoms with Crippen molar-refractivity contribution in [3.8, 4) is 0 Å². The van der Waals surface area contributed by atoms with Crippen molar-refractivity contribution in [1.82, 2.24) is 10.2 Å². The second kappa shape index (κ2) is 4.28. The molecule has 1 aliphatic carbocycles. The van der Waals surface area contributed by atoms with Crippen LogP contribution < -0.4 is 5.32 Å². The highest BCUT2D eigenvalue weighted by molar-refractivity contribution is 7.99. The van der Waals surface area contributed by atoms with E-state index in [4.69, 9.17) is 0 Å². The lowest BCUT2D eigenvalue weighted by molar-refractivity contribution is 0.764. The first-order valence-corrected chi connectivity index (χ1v) is 6.62. The van der Waals surface area contributed by atoms with Crippen molar-refractivity contribution < 1.29 is 0 Å². The van der Waals surface area contributed by atoms with E-state index < -0.39 is 0 Å². The predicted octanol–water partition coefficient (Wildman–Crippen LogP) is 2.23. The molecule has 0 aromatic carbocycles. The second-order valence-corrected chi connectivity index (χ2v) is 5.11.